The molecule has 4 heteroatoms. The van der Waals surface area contributed by atoms with Gasteiger partial charge in [-0.1, -0.05) is 12.1 Å². The number of halogens is 1. The Hall–Kier alpha value is -1.42. The molecule has 0 bridgehead atoms. The van der Waals surface area contributed by atoms with Gasteiger partial charge in [0.25, 0.3) is 0 Å². The third-order valence-electron chi connectivity index (χ3n) is 5.45. The van der Waals surface area contributed by atoms with Crippen LogP contribution in [0.15, 0.2) is 24.3 Å². The fourth-order valence-corrected chi connectivity index (χ4v) is 4.07. The van der Waals surface area contributed by atoms with Crippen LogP contribution in [0.5, 0.6) is 0 Å². The van der Waals surface area contributed by atoms with Gasteiger partial charge in [0.05, 0.1) is 0 Å². The molecule has 0 spiro atoms. The molecule has 2 atom stereocenters. The van der Waals surface area contributed by atoms with Crippen molar-refractivity contribution >= 4 is 5.91 Å². The fourth-order valence-electron chi connectivity index (χ4n) is 4.07. The highest BCUT2D eigenvalue weighted by Gasteiger charge is 2.44. The zero-order chi connectivity index (χ0) is 15.1. The normalized spacial score (nSPS) is 29.0. The van der Waals surface area contributed by atoms with Crippen molar-refractivity contribution in [3.63, 3.8) is 0 Å². The number of carbonyl (C=O) groups is 1. The van der Waals surface area contributed by atoms with Gasteiger partial charge in [-0.05, 0) is 49.3 Å². The number of rotatable bonds is 4. The summed E-state index contributed by atoms with van der Waals surface area (Å²) in [6.07, 6.45) is 5.34. The summed E-state index contributed by atoms with van der Waals surface area (Å²) in [5.41, 5.74) is 1.16. The number of likely N-dealkylation sites (tertiary alicyclic amines) is 2. The predicted molar refractivity (Wildman–Crippen MR) is 82.7 cm³/mol. The Labute approximate surface area is 131 Å². The number of hydrogen-bond donors (Lipinski definition) is 0. The first-order valence-corrected chi connectivity index (χ1v) is 8.48. The van der Waals surface area contributed by atoms with Crippen LogP contribution in [0, 0.1) is 11.7 Å². The van der Waals surface area contributed by atoms with E-state index in [9.17, 15) is 9.18 Å². The Morgan fingerprint density at radius 1 is 1.05 bits per heavy atom. The van der Waals surface area contributed by atoms with Gasteiger partial charge in [0.1, 0.15) is 5.82 Å². The summed E-state index contributed by atoms with van der Waals surface area (Å²) in [5, 5.41) is 0. The van der Waals surface area contributed by atoms with Gasteiger partial charge in [-0.3, -0.25) is 9.69 Å². The van der Waals surface area contributed by atoms with Crippen molar-refractivity contribution < 1.29 is 9.18 Å². The third-order valence-corrected chi connectivity index (χ3v) is 5.45. The molecule has 1 saturated carbocycles. The Morgan fingerprint density at radius 3 is 2.55 bits per heavy atom. The van der Waals surface area contributed by atoms with Crippen LogP contribution in [0.3, 0.4) is 0 Å². The molecule has 3 nitrogen and oxygen atoms in total. The number of hydrogen-bond acceptors (Lipinski definition) is 2. The SMILES string of the molecule is O=C1CC[C@@H]2[C@@H](CCN2Cc2ccc(F)cc2)N1CC1CC1. The quantitative estimate of drug-likeness (QED) is 0.854. The summed E-state index contributed by atoms with van der Waals surface area (Å²) < 4.78 is 13.0. The molecule has 2 saturated heterocycles. The molecule has 3 fully saturated rings. The van der Waals surface area contributed by atoms with Crippen LogP contribution in [-0.4, -0.2) is 40.9 Å². The molecule has 0 aromatic heterocycles. The Morgan fingerprint density at radius 2 is 1.82 bits per heavy atom. The van der Waals surface area contributed by atoms with Crippen molar-refractivity contribution in [3.05, 3.63) is 35.6 Å². The first kappa shape index (κ1) is 14.2. The van der Waals surface area contributed by atoms with Crippen molar-refractivity contribution in [3.8, 4) is 0 Å². The molecule has 4 rings (SSSR count). The number of nitrogens with zero attached hydrogens (tertiary/aromatic N) is 2. The van der Waals surface area contributed by atoms with Crippen LogP contribution in [0.4, 0.5) is 4.39 Å². The Balaban J connectivity index is 1.45. The molecule has 22 heavy (non-hydrogen) atoms. The zero-order valence-electron chi connectivity index (χ0n) is 12.9. The van der Waals surface area contributed by atoms with E-state index in [-0.39, 0.29) is 5.82 Å². The Kier molecular flexibility index (Phi) is 3.65. The summed E-state index contributed by atoms with van der Waals surface area (Å²) in [7, 11) is 0. The molecule has 1 amide bonds. The first-order chi connectivity index (χ1) is 10.7. The Bertz CT molecular complexity index is 555. The minimum atomic E-state index is -0.179. The molecule has 118 valence electrons. The molecule has 2 aliphatic heterocycles. The van der Waals surface area contributed by atoms with Gasteiger partial charge < -0.3 is 4.90 Å². The standard InChI is InChI=1S/C18H23FN2O/c19-15-5-3-13(4-6-15)11-20-10-9-17-16(20)7-8-18(22)21(17)12-14-1-2-14/h3-6,14,16-17H,1-2,7-12H2/t16-,17-/m1/s1. The van der Waals surface area contributed by atoms with Crippen molar-refractivity contribution in [2.24, 2.45) is 5.92 Å². The van der Waals surface area contributed by atoms with E-state index in [4.69, 9.17) is 0 Å². The van der Waals surface area contributed by atoms with E-state index in [0.717, 1.165) is 44.0 Å². The summed E-state index contributed by atoms with van der Waals surface area (Å²) in [5.74, 6) is 0.938. The van der Waals surface area contributed by atoms with E-state index >= 15 is 0 Å². The molecular formula is C18H23FN2O. The van der Waals surface area contributed by atoms with Crippen LogP contribution in [0.2, 0.25) is 0 Å². The average molecular weight is 302 g/mol. The largest absolute Gasteiger partial charge is 0.338 e. The lowest BCUT2D eigenvalue weighted by atomic mass is 9.95. The summed E-state index contributed by atoms with van der Waals surface area (Å²) in [6.45, 7) is 2.89. The van der Waals surface area contributed by atoms with Gasteiger partial charge in [0.2, 0.25) is 5.91 Å². The molecule has 1 aromatic rings. The van der Waals surface area contributed by atoms with E-state index < -0.39 is 0 Å². The molecule has 1 aromatic carbocycles. The maximum atomic E-state index is 13.0. The van der Waals surface area contributed by atoms with Gasteiger partial charge in [0, 0.05) is 38.1 Å². The van der Waals surface area contributed by atoms with Crippen LogP contribution >= 0.6 is 0 Å². The van der Waals surface area contributed by atoms with Gasteiger partial charge >= 0.3 is 0 Å². The maximum Gasteiger partial charge on any atom is 0.222 e. The summed E-state index contributed by atoms with van der Waals surface area (Å²) in [4.78, 5) is 16.9. The number of fused-ring (bicyclic) bond motifs is 1. The molecule has 0 N–H and O–H groups in total. The zero-order valence-corrected chi connectivity index (χ0v) is 12.9. The van der Waals surface area contributed by atoms with Gasteiger partial charge in [-0.15, -0.1) is 0 Å². The second-order valence-corrected chi connectivity index (χ2v) is 7.05. The molecule has 1 aliphatic carbocycles. The van der Waals surface area contributed by atoms with E-state index in [1.807, 2.05) is 12.1 Å². The van der Waals surface area contributed by atoms with E-state index in [1.165, 1.54) is 25.0 Å². The maximum absolute atomic E-state index is 13.0. The molecule has 2 heterocycles. The topological polar surface area (TPSA) is 23.6 Å². The average Bonchev–Trinajstić information content (AvgIpc) is 3.25. The van der Waals surface area contributed by atoms with Crippen molar-refractivity contribution in [1.82, 2.24) is 9.80 Å². The second-order valence-electron chi connectivity index (χ2n) is 7.05. The lowest BCUT2D eigenvalue weighted by Crippen LogP contribution is -2.52. The number of benzene rings is 1. The lowest BCUT2D eigenvalue weighted by Gasteiger charge is -2.40. The van der Waals surface area contributed by atoms with Gasteiger partial charge in [-0.2, -0.15) is 0 Å². The lowest BCUT2D eigenvalue weighted by molar-refractivity contribution is -0.138. The van der Waals surface area contributed by atoms with Crippen molar-refractivity contribution in [1.29, 1.82) is 0 Å². The van der Waals surface area contributed by atoms with Gasteiger partial charge in [-0.25, -0.2) is 4.39 Å². The monoisotopic (exact) mass is 302 g/mol. The molecule has 0 radical (unpaired) electrons. The minimum absolute atomic E-state index is 0.179. The third kappa shape index (κ3) is 2.76. The number of carbonyl (C=O) groups excluding carboxylic acids is 1. The number of piperidine rings is 1. The van der Waals surface area contributed by atoms with Crippen molar-refractivity contribution in [2.75, 3.05) is 13.1 Å². The summed E-state index contributed by atoms with van der Waals surface area (Å²) in [6, 6.07) is 7.71. The molecule has 0 unspecified atom stereocenters. The smallest absolute Gasteiger partial charge is 0.222 e. The highest BCUT2D eigenvalue weighted by Crippen LogP contribution is 2.37. The van der Waals surface area contributed by atoms with Crippen LogP contribution < -0.4 is 0 Å². The minimum Gasteiger partial charge on any atom is -0.338 e. The fraction of sp³-hybridized carbons (Fsp3) is 0.611. The highest BCUT2D eigenvalue weighted by atomic mass is 19.1. The predicted octanol–water partition coefficient (Wildman–Crippen LogP) is 2.80. The summed E-state index contributed by atoms with van der Waals surface area (Å²) >= 11 is 0. The van der Waals surface area contributed by atoms with Crippen molar-refractivity contribution in [2.45, 2.75) is 50.7 Å². The highest BCUT2D eigenvalue weighted by molar-refractivity contribution is 5.77. The van der Waals surface area contributed by atoms with Gasteiger partial charge in [0.15, 0.2) is 0 Å². The van der Waals surface area contributed by atoms with Crippen LogP contribution in [0.25, 0.3) is 0 Å². The molecule has 3 aliphatic rings. The molecular weight excluding hydrogens is 279 g/mol. The number of amides is 1. The van der Waals surface area contributed by atoms with Crippen LogP contribution in [-0.2, 0) is 11.3 Å². The van der Waals surface area contributed by atoms with E-state index in [2.05, 4.69) is 9.80 Å². The first-order valence-electron chi connectivity index (χ1n) is 8.48. The van der Waals surface area contributed by atoms with Crippen LogP contribution in [0.1, 0.15) is 37.7 Å². The van der Waals surface area contributed by atoms with E-state index in [1.54, 1.807) is 0 Å². The second kappa shape index (κ2) is 5.65. The van der Waals surface area contributed by atoms with E-state index in [0.29, 0.717) is 24.4 Å².